The van der Waals surface area contributed by atoms with Crippen LogP contribution in [0.25, 0.3) is 0 Å². The first kappa shape index (κ1) is 20.5. The highest BCUT2D eigenvalue weighted by atomic mass is 16.5. The monoisotopic (exact) mass is 417 g/mol. The van der Waals surface area contributed by atoms with Crippen LogP contribution in [0, 0.1) is 39.9 Å². The van der Waals surface area contributed by atoms with Gasteiger partial charge in [-0.1, -0.05) is 19.4 Å². The number of hydrogen-bond donors (Lipinski definition) is 0. The van der Waals surface area contributed by atoms with E-state index >= 15 is 0 Å². The van der Waals surface area contributed by atoms with Gasteiger partial charge in [0.2, 0.25) is 0 Å². The first-order valence-corrected chi connectivity index (χ1v) is 11.8. The van der Waals surface area contributed by atoms with Crippen molar-refractivity contribution in [2.24, 2.45) is 28.6 Å². The minimum Gasteiger partial charge on any atom is -0.458 e. The van der Waals surface area contributed by atoms with Gasteiger partial charge in [0.15, 0.2) is 5.78 Å². The minimum atomic E-state index is -0.273. The highest BCUT2D eigenvalue weighted by Gasteiger charge is 2.60. The van der Waals surface area contributed by atoms with Gasteiger partial charge in [0.25, 0.3) is 0 Å². The lowest BCUT2D eigenvalue weighted by molar-refractivity contribution is -0.118. The molecule has 4 heteroatoms. The summed E-state index contributed by atoms with van der Waals surface area (Å²) in [5.74, 6) is 1.92. The number of esters is 1. The van der Waals surface area contributed by atoms with Crippen molar-refractivity contribution in [2.45, 2.75) is 71.3 Å². The van der Waals surface area contributed by atoms with E-state index in [-0.39, 0.29) is 22.9 Å². The van der Waals surface area contributed by atoms with Crippen LogP contribution in [-0.4, -0.2) is 17.9 Å². The predicted octanol–water partition coefficient (Wildman–Crippen LogP) is 5.62. The molecule has 0 saturated heterocycles. The van der Waals surface area contributed by atoms with Crippen LogP contribution < -0.4 is 0 Å². The van der Waals surface area contributed by atoms with E-state index in [1.54, 1.807) is 24.3 Å². The number of nitriles is 1. The first-order valence-electron chi connectivity index (χ1n) is 11.8. The molecular formula is C27H31NO3. The molecule has 31 heavy (non-hydrogen) atoms. The van der Waals surface area contributed by atoms with Crippen molar-refractivity contribution in [1.82, 2.24) is 0 Å². The number of ether oxygens (including phenoxy) is 1. The molecule has 4 nitrogen and oxygen atoms in total. The molecule has 0 heterocycles. The molecule has 6 atom stereocenters. The van der Waals surface area contributed by atoms with Crippen molar-refractivity contribution < 1.29 is 14.3 Å². The summed E-state index contributed by atoms with van der Waals surface area (Å²) in [6, 6.07) is 8.80. The SMILES string of the molecule is C[C@]12CC[C@H]3[C@@H](CCC4=CC(=O)CC[C@@]43C)[C@@H]1CC[C@@H]2OC(=O)c1ccc(C#N)cc1. The fourth-order valence-corrected chi connectivity index (χ4v) is 7.58. The van der Waals surface area contributed by atoms with Crippen LogP contribution in [0.5, 0.6) is 0 Å². The topological polar surface area (TPSA) is 67.2 Å². The Labute approximate surface area is 184 Å². The van der Waals surface area contributed by atoms with E-state index in [4.69, 9.17) is 10.00 Å². The fourth-order valence-electron chi connectivity index (χ4n) is 7.58. The summed E-state index contributed by atoms with van der Waals surface area (Å²) in [4.78, 5) is 24.8. The third kappa shape index (κ3) is 3.16. The molecule has 0 radical (unpaired) electrons. The molecule has 3 saturated carbocycles. The summed E-state index contributed by atoms with van der Waals surface area (Å²) in [6.45, 7) is 4.75. The van der Waals surface area contributed by atoms with Crippen molar-refractivity contribution in [3.63, 3.8) is 0 Å². The lowest BCUT2D eigenvalue weighted by atomic mass is 9.47. The molecular weight excluding hydrogens is 386 g/mol. The Bertz CT molecular complexity index is 987. The zero-order valence-electron chi connectivity index (χ0n) is 18.5. The zero-order chi connectivity index (χ0) is 21.8. The maximum atomic E-state index is 12.8. The summed E-state index contributed by atoms with van der Waals surface area (Å²) in [5, 5.41) is 8.97. The summed E-state index contributed by atoms with van der Waals surface area (Å²) < 4.78 is 6.09. The molecule has 5 rings (SSSR count). The molecule has 4 aliphatic carbocycles. The Morgan fingerprint density at radius 2 is 1.81 bits per heavy atom. The second-order valence-corrected chi connectivity index (χ2v) is 10.7. The van der Waals surface area contributed by atoms with Crippen molar-refractivity contribution >= 4 is 11.8 Å². The number of rotatable bonds is 2. The molecule has 1 aromatic rings. The predicted molar refractivity (Wildman–Crippen MR) is 117 cm³/mol. The van der Waals surface area contributed by atoms with Crippen LogP contribution >= 0.6 is 0 Å². The third-order valence-corrected chi connectivity index (χ3v) is 9.37. The Morgan fingerprint density at radius 3 is 2.55 bits per heavy atom. The maximum absolute atomic E-state index is 12.8. The number of hydrogen-bond acceptors (Lipinski definition) is 4. The lowest BCUT2D eigenvalue weighted by Crippen LogP contribution is -2.51. The van der Waals surface area contributed by atoms with Gasteiger partial charge in [-0.05, 0) is 98.5 Å². The Kier molecular flexibility index (Phi) is 4.84. The Hall–Kier alpha value is -2.41. The number of fused-ring (bicyclic) bond motifs is 5. The average molecular weight is 418 g/mol. The van der Waals surface area contributed by atoms with Crippen molar-refractivity contribution in [2.75, 3.05) is 0 Å². The minimum absolute atomic E-state index is 0.0332. The van der Waals surface area contributed by atoms with Crippen LogP contribution in [0.2, 0.25) is 0 Å². The van der Waals surface area contributed by atoms with E-state index in [1.807, 2.05) is 6.08 Å². The van der Waals surface area contributed by atoms with E-state index in [9.17, 15) is 9.59 Å². The van der Waals surface area contributed by atoms with Gasteiger partial charge in [-0.3, -0.25) is 4.79 Å². The van der Waals surface area contributed by atoms with Gasteiger partial charge in [0.05, 0.1) is 17.2 Å². The highest BCUT2D eigenvalue weighted by Crippen LogP contribution is 2.65. The second-order valence-electron chi connectivity index (χ2n) is 10.7. The van der Waals surface area contributed by atoms with E-state index in [1.165, 1.54) is 5.57 Å². The Morgan fingerprint density at radius 1 is 1.03 bits per heavy atom. The van der Waals surface area contributed by atoms with Gasteiger partial charge in [0.1, 0.15) is 6.10 Å². The van der Waals surface area contributed by atoms with Crippen molar-refractivity contribution in [1.29, 1.82) is 5.26 Å². The smallest absolute Gasteiger partial charge is 0.338 e. The number of nitrogens with zero attached hydrogens (tertiary/aromatic N) is 1. The van der Waals surface area contributed by atoms with Crippen molar-refractivity contribution in [3.8, 4) is 6.07 Å². The van der Waals surface area contributed by atoms with E-state index in [2.05, 4.69) is 19.9 Å². The lowest BCUT2D eigenvalue weighted by Gasteiger charge is -2.57. The zero-order valence-corrected chi connectivity index (χ0v) is 18.5. The molecule has 0 aliphatic heterocycles. The molecule has 162 valence electrons. The molecule has 1 aromatic carbocycles. The average Bonchev–Trinajstić information content (AvgIpc) is 3.10. The quantitative estimate of drug-likeness (QED) is 0.586. The molecule has 0 bridgehead atoms. The highest BCUT2D eigenvalue weighted by molar-refractivity contribution is 5.91. The molecule has 0 aromatic heterocycles. The summed E-state index contributed by atoms with van der Waals surface area (Å²) >= 11 is 0. The van der Waals surface area contributed by atoms with Gasteiger partial charge in [-0.15, -0.1) is 0 Å². The van der Waals surface area contributed by atoms with E-state index in [0.29, 0.717) is 41.1 Å². The van der Waals surface area contributed by atoms with Gasteiger partial charge in [-0.2, -0.15) is 5.26 Å². The van der Waals surface area contributed by atoms with Crippen LogP contribution in [-0.2, 0) is 9.53 Å². The molecule has 3 fully saturated rings. The van der Waals surface area contributed by atoms with E-state index < -0.39 is 0 Å². The van der Waals surface area contributed by atoms with Gasteiger partial charge in [0, 0.05) is 11.8 Å². The van der Waals surface area contributed by atoms with Crippen molar-refractivity contribution in [3.05, 3.63) is 47.0 Å². The summed E-state index contributed by atoms with van der Waals surface area (Å²) in [7, 11) is 0. The molecule has 0 unspecified atom stereocenters. The van der Waals surface area contributed by atoms with Gasteiger partial charge < -0.3 is 4.74 Å². The van der Waals surface area contributed by atoms with Crippen LogP contribution in [0.1, 0.15) is 81.1 Å². The molecule has 4 aliphatic rings. The van der Waals surface area contributed by atoms with Gasteiger partial charge in [-0.25, -0.2) is 4.79 Å². The first-order chi connectivity index (χ1) is 14.8. The summed E-state index contributed by atoms with van der Waals surface area (Å²) in [6.07, 6.45) is 10.1. The second kappa shape index (κ2) is 7.33. The number of benzene rings is 1. The Balaban J connectivity index is 1.34. The fraction of sp³-hybridized carbons (Fsp3) is 0.593. The maximum Gasteiger partial charge on any atom is 0.338 e. The number of allylic oxidation sites excluding steroid dienone is 1. The third-order valence-electron chi connectivity index (χ3n) is 9.37. The standard InChI is InChI=1S/C27H31NO3/c1-26-13-11-20(29)15-19(26)7-8-21-22-9-10-24(27(22,2)14-12-23(21)26)31-25(30)18-5-3-17(16-28)4-6-18/h3-6,15,21-24H,7-14H2,1-2H3/t21-,22-,23-,24-,26-,27-/m0/s1. The van der Waals surface area contributed by atoms with E-state index in [0.717, 1.165) is 44.9 Å². The van der Waals surface area contributed by atoms with Gasteiger partial charge >= 0.3 is 5.97 Å². The normalized spacial score (nSPS) is 38.9. The number of carbonyl (C=O) groups is 2. The van der Waals surface area contributed by atoms with Crippen LogP contribution in [0.15, 0.2) is 35.9 Å². The van der Waals surface area contributed by atoms with Crippen LogP contribution in [0.4, 0.5) is 0 Å². The molecule has 0 spiro atoms. The number of ketones is 1. The largest absolute Gasteiger partial charge is 0.458 e. The summed E-state index contributed by atoms with van der Waals surface area (Å²) in [5.41, 5.74) is 2.68. The number of carbonyl (C=O) groups excluding carboxylic acids is 2. The molecule has 0 N–H and O–H groups in total. The molecule has 0 amide bonds. The van der Waals surface area contributed by atoms with Crippen LogP contribution in [0.3, 0.4) is 0 Å².